The molecule has 0 radical (unpaired) electrons. The van der Waals surface area contributed by atoms with Crippen molar-refractivity contribution in [1.82, 2.24) is 19.9 Å². The van der Waals surface area contributed by atoms with Crippen LogP contribution in [0.1, 0.15) is 24.0 Å². The van der Waals surface area contributed by atoms with Crippen LogP contribution in [0, 0.1) is 6.92 Å². The molecule has 0 atom stereocenters. The number of nitrogens with zero attached hydrogens (tertiary/aromatic N) is 4. The molecule has 2 N–H and O–H groups in total. The first kappa shape index (κ1) is 22.1. The van der Waals surface area contributed by atoms with E-state index in [-0.39, 0.29) is 16.9 Å². The average Bonchev–Trinajstić information content (AvgIpc) is 2.72. The molecule has 1 aliphatic heterocycles. The number of rotatable bonds is 4. The molecule has 3 heterocycles. The molecule has 0 unspecified atom stereocenters. The second-order valence-electron chi connectivity index (χ2n) is 8.33. The smallest absolute Gasteiger partial charge is 0.341 e. The number of benzene rings is 1. The van der Waals surface area contributed by atoms with E-state index in [0.717, 1.165) is 38.1 Å². The summed E-state index contributed by atoms with van der Waals surface area (Å²) in [6, 6.07) is 5.82. The lowest BCUT2D eigenvalue weighted by Crippen LogP contribution is -2.42. The topological polar surface area (TPSA) is 77.2 Å². The number of aromatic amines is 1. The van der Waals surface area contributed by atoms with Gasteiger partial charge >= 0.3 is 6.18 Å². The Labute approximate surface area is 183 Å². The predicted molar refractivity (Wildman–Crippen MR) is 119 cm³/mol. The monoisotopic (exact) mass is 446 g/mol. The third-order valence-electron chi connectivity index (χ3n) is 5.75. The lowest BCUT2D eigenvalue weighted by molar-refractivity contribution is -0.137. The van der Waals surface area contributed by atoms with Crippen LogP contribution in [0.3, 0.4) is 0 Å². The van der Waals surface area contributed by atoms with Crippen LogP contribution >= 0.6 is 0 Å². The number of aromatic nitrogens is 3. The fourth-order valence-electron chi connectivity index (χ4n) is 4.05. The van der Waals surface area contributed by atoms with Crippen molar-refractivity contribution in [2.24, 2.45) is 0 Å². The number of hydrogen-bond donors (Lipinski definition) is 2. The minimum Gasteiger partial charge on any atom is -0.341 e. The number of piperidine rings is 1. The summed E-state index contributed by atoms with van der Waals surface area (Å²) in [5, 5.41) is 3.14. The maximum atomic E-state index is 13.3. The van der Waals surface area contributed by atoms with Crippen LogP contribution < -0.4 is 15.8 Å². The van der Waals surface area contributed by atoms with Crippen molar-refractivity contribution in [1.29, 1.82) is 0 Å². The van der Waals surface area contributed by atoms with Crippen LogP contribution in [0.2, 0.25) is 0 Å². The van der Waals surface area contributed by atoms with Crippen LogP contribution in [-0.4, -0.2) is 53.1 Å². The summed E-state index contributed by atoms with van der Waals surface area (Å²) < 4.78 is 39.8. The average molecular weight is 446 g/mol. The first-order chi connectivity index (χ1) is 15.1. The zero-order valence-corrected chi connectivity index (χ0v) is 18.1. The first-order valence-electron chi connectivity index (χ1n) is 10.4. The molecule has 2 aromatic heterocycles. The summed E-state index contributed by atoms with van der Waals surface area (Å²) in [5.74, 6) is 0.631. The Morgan fingerprint density at radius 3 is 2.53 bits per heavy atom. The van der Waals surface area contributed by atoms with E-state index in [1.54, 1.807) is 19.1 Å². The van der Waals surface area contributed by atoms with Gasteiger partial charge in [0.2, 0.25) is 5.95 Å². The van der Waals surface area contributed by atoms with E-state index in [1.165, 1.54) is 6.20 Å². The van der Waals surface area contributed by atoms with E-state index < -0.39 is 17.3 Å². The molecule has 0 bridgehead atoms. The van der Waals surface area contributed by atoms with Crippen molar-refractivity contribution in [2.45, 2.75) is 32.0 Å². The highest BCUT2D eigenvalue weighted by Gasteiger charge is 2.31. The normalized spacial score (nSPS) is 15.5. The minimum absolute atomic E-state index is 0.181. The number of anilines is 3. The van der Waals surface area contributed by atoms with Gasteiger partial charge in [-0.3, -0.25) is 4.79 Å². The van der Waals surface area contributed by atoms with Gasteiger partial charge in [-0.05, 0) is 63.7 Å². The Morgan fingerprint density at radius 2 is 1.88 bits per heavy atom. The molecule has 0 aliphatic carbocycles. The Morgan fingerprint density at radius 1 is 1.16 bits per heavy atom. The number of H-pyrrole nitrogens is 1. The highest BCUT2D eigenvalue weighted by molar-refractivity contribution is 5.91. The van der Waals surface area contributed by atoms with Gasteiger partial charge in [0.05, 0.1) is 11.1 Å². The Bertz CT molecular complexity index is 1180. The molecule has 3 aromatic rings. The van der Waals surface area contributed by atoms with Gasteiger partial charge in [-0.1, -0.05) is 0 Å². The van der Waals surface area contributed by atoms with Crippen molar-refractivity contribution in [3.05, 3.63) is 51.9 Å². The molecule has 1 fully saturated rings. The van der Waals surface area contributed by atoms with Crippen LogP contribution in [-0.2, 0) is 6.18 Å². The summed E-state index contributed by atoms with van der Waals surface area (Å²) >= 11 is 0. The molecule has 1 aliphatic rings. The third-order valence-corrected chi connectivity index (χ3v) is 5.75. The number of aryl methyl sites for hydroxylation is 1. The summed E-state index contributed by atoms with van der Waals surface area (Å²) in [6.07, 6.45) is -1.09. The molecule has 32 heavy (non-hydrogen) atoms. The van der Waals surface area contributed by atoms with Gasteiger partial charge in [0.1, 0.15) is 11.2 Å². The maximum Gasteiger partial charge on any atom is 0.416 e. The highest BCUT2D eigenvalue weighted by Crippen LogP contribution is 2.33. The van der Waals surface area contributed by atoms with Gasteiger partial charge in [-0.25, -0.2) is 4.98 Å². The largest absolute Gasteiger partial charge is 0.416 e. The number of pyridine rings is 1. The fourth-order valence-corrected chi connectivity index (χ4v) is 4.05. The number of halogens is 3. The number of hydrogen-bond acceptors (Lipinski definition) is 6. The van der Waals surface area contributed by atoms with E-state index in [1.807, 2.05) is 4.90 Å². The highest BCUT2D eigenvalue weighted by atomic mass is 19.4. The maximum absolute atomic E-state index is 13.3. The summed E-state index contributed by atoms with van der Waals surface area (Å²) in [5.41, 5.74) is -0.0945. The second-order valence-corrected chi connectivity index (χ2v) is 8.33. The fraction of sp³-hybridized carbons (Fsp3) is 0.409. The zero-order valence-electron chi connectivity index (χ0n) is 18.1. The van der Waals surface area contributed by atoms with Gasteiger partial charge in [-0.2, -0.15) is 18.2 Å². The molecule has 7 nitrogen and oxygen atoms in total. The SMILES string of the molecule is Cc1cc(Nc2nc(N3CCC(N(C)C)CC3)nc3cc[nH]c(=O)c23)cc(C(F)(F)F)c1. The molecule has 170 valence electrons. The minimum atomic E-state index is -4.48. The van der Waals surface area contributed by atoms with Crippen molar-refractivity contribution in [2.75, 3.05) is 37.4 Å². The number of fused-ring (bicyclic) bond motifs is 1. The van der Waals surface area contributed by atoms with Gasteiger partial charge < -0.3 is 20.1 Å². The first-order valence-corrected chi connectivity index (χ1v) is 10.4. The van der Waals surface area contributed by atoms with Crippen molar-refractivity contribution in [3.8, 4) is 0 Å². The van der Waals surface area contributed by atoms with Gasteiger partial charge in [-0.15, -0.1) is 0 Å². The van der Waals surface area contributed by atoms with E-state index in [9.17, 15) is 18.0 Å². The molecule has 1 saturated heterocycles. The molecular weight excluding hydrogens is 421 g/mol. The summed E-state index contributed by atoms with van der Waals surface area (Å²) in [7, 11) is 4.11. The number of nitrogens with one attached hydrogen (secondary N) is 2. The lowest BCUT2D eigenvalue weighted by Gasteiger charge is -2.35. The van der Waals surface area contributed by atoms with Crippen LogP contribution in [0.15, 0.2) is 35.3 Å². The lowest BCUT2D eigenvalue weighted by atomic mass is 10.0. The summed E-state index contributed by atoms with van der Waals surface area (Å²) in [4.78, 5) is 28.5. The van der Waals surface area contributed by atoms with Crippen molar-refractivity contribution < 1.29 is 13.2 Å². The van der Waals surface area contributed by atoms with Crippen LogP contribution in [0.4, 0.5) is 30.6 Å². The van der Waals surface area contributed by atoms with E-state index in [2.05, 4.69) is 39.3 Å². The molecule has 4 rings (SSSR count). The van der Waals surface area contributed by atoms with E-state index in [4.69, 9.17) is 0 Å². The van der Waals surface area contributed by atoms with E-state index >= 15 is 0 Å². The van der Waals surface area contributed by atoms with Crippen LogP contribution in [0.5, 0.6) is 0 Å². The number of alkyl halides is 3. The molecule has 0 saturated carbocycles. The van der Waals surface area contributed by atoms with Gasteiger partial charge in [0.25, 0.3) is 5.56 Å². The third kappa shape index (κ3) is 4.55. The van der Waals surface area contributed by atoms with Gasteiger partial charge in [0, 0.05) is 31.0 Å². The molecule has 1 aromatic carbocycles. The predicted octanol–water partition coefficient (Wildman–Crippen LogP) is 3.92. The summed E-state index contributed by atoms with van der Waals surface area (Å²) in [6.45, 7) is 3.09. The molecular formula is C22H25F3N6O. The molecule has 0 spiro atoms. The molecule has 0 amide bonds. The Kier molecular flexibility index (Phi) is 5.81. The van der Waals surface area contributed by atoms with Crippen molar-refractivity contribution >= 4 is 28.4 Å². The quantitative estimate of drug-likeness (QED) is 0.633. The Balaban J connectivity index is 1.74. The molecule has 10 heteroatoms. The van der Waals surface area contributed by atoms with E-state index in [0.29, 0.717) is 23.1 Å². The zero-order chi connectivity index (χ0) is 23.0. The standard InChI is InChI=1S/C22H25F3N6O/c1-13-10-14(22(23,24)25)12-15(11-13)27-19-18-17(4-7-26-20(18)32)28-21(29-19)31-8-5-16(6-9-31)30(2)3/h4,7,10-12,16H,5-6,8-9H2,1-3H3,(H,26,32)(H,27,28,29). The van der Waals surface area contributed by atoms with Crippen LogP contribution in [0.25, 0.3) is 10.9 Å². The Hall–Kier alpha value is -3.14. The second kappa shape index (κ2) is 8.42. The van der Waals surface area contributed by atoms with Crippen molar-refractivity contribution in [3.63, 3.8) is 0 Å². The van der Waals surface area contributed by atoms with Gasteiger partial charge in [0.15, 0.2) is 0 Å².